The molecule has 23 heavy (non-hydrogen) atoms. The van der Waals surface area contributed by atoms with Gasteiger partial charge in [0, 0.05) is 22.4 Å². The third-order valence-electron chi connectivity index (χ3n) is 4.23. The summed E-state index contributed by atoms with van der Waals surface area (Å²) in [6.45, 7) is 2.22. The van der Waals surface area contributed by atoms with E-state index in [-0.39, 0.29) is 23.5 Å². The molecule has 0 aromatic heterocycles. The standard InChI is InChI=1S/C17H24FNO3S/c1-12-3-6-15(7-4-12)19-17(20)11-23(21)10-13-9-14(18)5-8-16(13)22-2/h5,8-9,12,15H,3-4,6-7,10-11H2,1-2H3,(H,19,20). The quantitative estimate of drug-likeness (QED) is 0.866. The molecule has 1 aliphatic carbocycles. The van der Waals surface area contributed by atoms with Crippen molar-refractivity contribution in [1.29, 1.82) is 0 Å². The molecule has 0 aliphatic heterocycles. The number of carbonyl (C=O) groups excluding carboxylic acids is 1. The van der Waals surface area contributed by atoms with Crippen molar-refractivity contribution in [2.45, 2.75) is 44.4 Å². The average molecular weight is 341 g/mol. The highest BCUT2D eigenvalue weighted by molar-refractivity contribution is 7.84. The van der Waals surface area contributed by atoms with Crippen LogP contribution in [-0.4, -0.2) is 29.0 Å². The van der Waals surface area contributed by atoms with Gasteiger partial charge in [-0.05, 0) is 49.8 Å². The Morgan fingerprint density at radius 1 is 1.35 bits per heavy atom. The van der Waals surface area contributed by atoms with Crippen LogP contribution in [-0.2, 0) is 21.3 Å². The molecule has 2 rings (SSSR count). The van der Waals surface area contributed by atoms with Crippen molar-refractivity contribution in [3.8, 4) is 5.75 Å². The zero-order valence-electron chi connectivity index (χ0n) is 13.6. The molecule has 1 N–H and O–H groups in total. The summed E-state index contributed by atoms with van der Waals surface area (Å²) in [4.78, 5) is 12.0. The summed E-state index contributed by atoms with van der Waals surface area (Å²) in [5, 5.41) is 2.96. The summed E-state index contributed by atoms with van der Waals surface area (Å²) >= 11 is 0. The molecule has 0 radical (unpaired) electrons. The molecule has 1 aromatic carbocycles. The number of ether oxygens (including phenoxy) is 1. The Hall–Kier alpha value is -1.43. The van der Waals surface area contributed by atoms with Crippen LogP contribution in [0.25, 0.3) is 0 Å². The predicted molar refractivity (Wildman–Crippen MR) is 89.2 cm³/mol. The molecule has 0 heterocycles. The number of rotatable bonds is 6. The van der Waals surface area contributed by atoms with E-state index in [0.29, 0.717) is 11.3 Å². The van der Waals surface area contributed by atoms with E-state index in [1.165, 1.54) is 25.3 Å². The van der Waals surface area contributed by atoms with E-state index in [0.717, 1.165) is 31.6 Å². The van der Waals surface area contributed by atoms with E-state index in [1.807, 2.05) is 0 Å². The Morgan fingerprint density at radius 2 is 2.04 bits per heavy atom. The van der Waals surface area contributed by atoms with Crippen LogP contribution in [0.3, 0.4) is 0 Å². The fourth-order valence-corrected chi connectivity index (χ4v) is 3.95. The largest absolute Gasteiger partial charge is 0.496 e. The van der Waals surface area contributed by atoms with Crippen LogP contribution >= 0.6 is 0 Å². The number of methoxy groups -OCH3 is 1. The first-order valence-electron chi connectivity index (χ1n) is 7.94. The van der Waals surface area contributed by atoms with Crippen molar-refractivity contribution in [2.24, 2.45) is 5.92 Å². The highest BCUT2D eigenvalue weighted by Gasteiger charge is 2.20. The fourth-order valence-electron chi connectivity index (χ4n) is 2.90. The first kappa shape index (κ1) is 17.9. The van der Waals surface area contributed by atoms with Gasteiger partial charge in [-0.2, -0.15) is 0 Å². The number of nitrogens with one attached hydrogen (secondary N) is 1. The second-order valence-electron chi connectivity index (χ2n) is 6.21. The van der Waals surface area contributed by atoms with Gasteiger partial charge in [0.2, 0.25) is 5.91 Å². The minimum absolute atomic E-state index is 0.0638. The lowest BCUT2D eigenvalue weighted by Crippen LogP contribution is -2.39. The molecule has 0 saturated heterocycles. The monoisotopic (exact) mass is 341 g/mol. The Kier molecular flexibility index (Phi) is 6.57. The van der Waals surface area contributed by atoms with Crippen LogP contribution in [0.15, 0.2) is 18.2 Å². The number of hydrogen-bond donors (Lipinski definition) is 1. The van der Waals surface area contributed by atoms with Gasteiger partial charge < -0.3 is 10.1 Å². The summed E-state index contributed by atoms with van der Waals surface area (Å²) < 4.78 is 30.6. The molecule has 4 nitrogen and oxygen atoms in total. The summed E-state index contributed by atoms with van der Waals surface area (Å²) in [5.41, 5.74) is 0.519. The minimum atomic E-state index is -1.39. The van der Waals surface area contributed by atoms with Gasteiger partial charge in [0.25, 0.3) is 0 Å². The first-order chi connectivity index (χ1) is 11.0. The first-order valence-corrected chi connectivity index (χ1v) is 9.43. The maximum Gasteiger partial charge on any atom is 0.232 e. The maximum absolute atomic E-state index is 13.3. The van der Waals surface area contributed by atoms with Crippen LogP contribution in [0.1, 0.15) is 38.2 Å². The summed E-state index contributed by atoms with van der Waals surface area (Å²) in [5.74, 6) is 0.651. The third-order valence-corrected chi connectivity index (χ3v) is 5.45. The molecule has 1 aromatic rings. The molecule has 0 spiro atoms. The molecule has 1 aliphatic rings. The van der Waals surface area contributed by atoms with Crippen LogP contribution in [0.4, 0.5) is 4.39 Å². The van der Waals surface area contributed by atoms with E-state index in [4.69, 9.17) is 4.74 Å². The normalized spacial score (nSPS) is 22.4. The number of carbonyl (C=O) groups is 1. The van der Waals surface area contributed by atoms with Gasteiger partial charge in [-0.25, -0.2) is 4.39 Å². The van der Waals surface area contributed by atoms with Crippen LogP contribution < -0.4 is 10.1 Å². The Bertz CT molecular complexity index is 571. The van der Waals surface area contributed by atoms with Crippen molar-refractivity contribution in [3.63, 3.8) is 0 Å². The lowest BCUT2D eigenvalue weighted by molar-refractivity contribution is -0.119. The number of halogens is 1. The predicted octanol–water partition coefficient (Wildman–Crippen LogP) is 2.78. The highest BCUT2D eigenvalue weighted by atomic mass is 32.2. The molecule has 1 fully saturated rings. The van der Waals surface area contributed by atoms with E-state index in [9.17, 15) is 13.4 Å². The smallest absolute Gasteiger partial charge is 0.232 e. The molecular formula is C17H24FNO3S. The number of hydrogen-bond acceptors (Lipinski definition) is 3. The molecule has 1 saturated carbocycles. The van der Waals surface area contributed by atoms with Crippen molar-refractivity contribution in [1.82, 2.24) is 5.32 Å². The second kappa shape index (κ2) is 8.43. The van der Waals surface area contributed by atoms with Crippen LogP contribution in [0.5, 0.6) is 5.75 Å². The topological polar surface area (TPSA) is 55.4 Å². The second-order valence-corrected chi connectivity index (χ2v) is 7.67. The van der Waals surface area contributed by atoms with E-state index < -0.39 is 16.6 Å². The Balaban J connectivity index is 1.84. The molecular weight excluding hydrogens is 317 g/mol. The van der Waals surface area contributed by atoms with E-state index >= 15 is 0 Å². The van der Waals surface area contributed by atoms with Crippen molar-refractivity contribution in [3.05, 3.63) is 29.6 Å². The Labute approximate surface area is 139 Å². The lowest BCUT2D eigenvalue weighted by Gasteiger charge is -2.26. The fraction of sp³-hybridized carbons (Fsp3) is 0.588. The molecule has 128 valence electrons. The number of benzene rings is 1. The number of amides is 1. The van der Waals surface area contributed by atoms with Crippen molar-refractivity contribution >= 4 is 16.7 Å². The summed E-state index contributed by atoms with van der Waals surface area (Å²) in [6, 6.07) is 4.30. The Morgan fingerprint density at radius 3 is 2.70 bits per heavy atom. The maximum atomic E-state index is 13.3. The minimum Gasteiger partial charge on any atom is -0.496 e. The summed E-state index contributed by atoms with van der Waals surface area (Å²) in [7, 11) is 0.0913. The highest BCUT2D eigenvalue weighted by Crippen LogP contribution is 2.23. The van der Waals surface area contributed by atoms with Crippen LogP contribution in [0, 0.1) is 11.7 Å². The average Bonchev–Trinajstić information content (AvgIpc) is 2.49. The molecule has 1 atom stereocenters. The summed E-state index contributed by atoms with van der Waals surface area (Å²) in [6.07, 6.45) is 4.21. The third kappa shape index (κ3) is 5.61. The molecule has 0 bridgehead atoms. The van der Waals surface area contributed by atoms with Gasteiger partial charge in [-0.3, -0.25) is 9.00 Å². The zero-order valence-corrected chi connectivity index (χ0v) is 14.5. The van der Waals surface area contributed by atoms with E-state index in [2.05, 4.69) is 12.2 Å². The van der Waals surface area contributed by atoms with Gasteiger partial charge in [-0.1, -0.05) is 6.92 Å². The SMILES string of the molecule is COc1ccc(F)cc1CS(=O)CC(=O)NC1CCC(C)CC1. The van der Waals surface area contributed by atoms with Crippen molar-refractivity contribution < 1.29 is 18.1 Å². The van der Waals surface area contributed by atoms with Gasteiger partial charge in [0.05, 0.1) is 12.9 Å². The lowest BCUT2D eigenvalue weighted by atomic mass is 9.87. The van der Waals surface area contributed by atoms with Gasteiger partial charge in [0.1, 0.15) is 17.3 Å². The van der Waals surface area contributed by atoms with Gasteiger partial charge in [0.15, 0.2) is 0 Å². The van der Waals surface area contributed by atoms with E-state index in [1.54, 1.807) is 0 Å². The van der Waals surface area contributed by atoms with Crippen molar-refractivity contribution in [2.75, 3.05) is 12.9 Å². The molecule has 1 unspecified atom stereocenters. The van der Waals surface area contributed by atoms with Gasteiger partial charge >= 0.3 is 0 Å². The van der Waals surface area contributed by atoms with Crippen LogP contribution in [0.2, 0.25) is 0 Å². The molecule has 1 amide bonds. The zero-order chi connectivity index (χ0) is 16.8. The van der Waals surface area contributed by atoms with Gasteiger partial charge in [-0.15, -0.1) is 0 Å². The molecule has 6 heteroatoms.